The van der Waals surface area contributed by atoms with Crippen molar-refractivity contribution < 1.29 is 38.2 Å². The summed E-state index contributed by atoms with van der Waals surface area (Å²) in [6.07, 6.45) is 2.48. The third-order valence-corrected chi connectivity index (χ3v) is 7.43. The molecule has 1 heterocycles. The molecule has 1 aromatic heterocycles. The van der Waals surface area contributed by atoms with Crippen LogP contribution < -0.4 is 21.7 Å². The van der Waals surface area contributed by atoms with E-state index in [-0.39, 0.29) is 69.5 Å². The van der Waals surface area contributed by atoms with Gasteiger partial charge in [0.05, 0.1) is 32.5 Å². The minimum Gasteiger partial charge on any atom is -0.377 e. The number of nitrogens with zero attached hydrogens (tertiary/aromatic N) is 1. The number of fused-ring (bicyclic) bond motifs is 1. The van der Waals surface area contributed by atoms with Crippen LogP contribution in [0.4, 0.5) is 10.5 Å². The summed E-state index contributed by atoms with van der Waals surface area (Å²) in [5, 5.41) is 9.97. The van der Waals surface area contributed by atoms with Crippen molar-refractivity contribution in [2.75, 3.05) is 51.5 Å². The Morgan fingerprint density at radius 1 is 0.936 bits per heavy atom. The van der Waals surface area contributed by atoms with E-state index in [0.29, 0.717) is 30.2 Å². The quantitative estimate of drug-likeness (QED) is 0.113. The van der Waals surface area contributed by atoms with Gasteiger partial charge in [-0.15, -0.1) is 0 Å². The molecule has 47 heavy (non-hydrogen) atoms. The number of pyridine rings is 1. The summed E-state index contributed by atoms with van der Waals surface area (Å²) in [4.78, 5) is 66.0. The number of anilines is 1. The minimum absolute atomic E-state index is 0.0236. The number of nitrogens with one attached hydrogen (secondary N) is 3. The molecule has 0 aliphatic heterocycles. The standard InChI is InChI=1S/C33H48ClN5O8/c1-21(2)29(26(40)17-23(30(43)33(3,4)5)7-6-11-37-32(35)44)39-28(42)20-47-16-14-45-13-15-46-19-27(41)38-24-9-8-22-10-12-36-31(34)25(22)18-24/h8-10,12,18,21,23,29H,6-7,11,13-17,19-20H2,1-5H3,(H,38,41)(H,39,42)(H3,35,37,44)/t23-,29+/m1/s1. The molecule has 14 heteroatoms. The molecular formula is C33H48ClN5O8. The van der Waals surface area contributed by atoms with E-state index in [1.165, 1.54) is 0 Å². The van der Waals surface area contributed by atoms with Gasteiger partial charge in [0.2, 0.25) is 11.8 Å². The number of Topliss-reactive ketones (excluding diaryl/α,β-unsaturated/α-hetero) is 2. The molecule has 0 fully saturated rings. The van der Waals surface area contributed by atoms with Crippen molar-refractivity contribution in [3.63, 3.8) is 0 Å². The van der Waals surface area contributed by atoms with Crippen molar-refractivity contribution in [3.8, 4) is 0 Å². The molecular weight excluding hydrogens is 630 g/mol. The Hall–Kier alpha value is -3.65. The highest BCUT2D eigenvalue weighted by molar-refractivity contribution is 6.34. The van der Waals surface area contributed by atoms with Gasteiger partial charge in [0.1, 0.15) is 24.2 Å². The number of hydrogen-bond donors (Lipinski definition) is 4. The smallest absolute Gasteiger partial charge is 0.312 e. The molecule has 0 aliphatic carbocycles. The van der Waals surface area contributed by atoms with Crippen LogP contribution in [-0.2, 0) is 33.4 Å². The predicted octanol–water partition coefficient (Wildman–Crippen LogP) is 3.66. The maximum Gasteiger partial charge on any atom is 0.312 e. The number of nitrogens with two attached hydrogens (primary N) is 1. The van der Waals surface area contributed by atoms with Gasteiger partial charge >= 0.3 is 6.03 Å². The number of benzene rings is 1. The van der Waals surface area contributed by atoms with Gasteiger partial charge in [0, 0.05) is 41.6 Å². The van der Waals surface area contributed by atoms with Crippen LogP contribution in [0.3, 0.4) is 0 Å². The third-order valence-electron chi connectivity index (χ3n) is 7.13. The van der Waals surface area contributed by atoms with Crippen LogP contribution >= 0.6 is 11.6 Å². The number of ketones is 2. The van der Waals surface area contributed by atoms with Crippen molar-refractivity contribution in [1.29, 1.82) is 0 Å². The van der Waals surface area contributed by atoms with E-state index in [9.17, 15) is 24.0 Å². The highest BCUT2D eigenvalue weighted by atomic mass is 35.5. The second kappa shape index (κ2) is 19.9. The van der Waals surface area contributed by atoms with E-state index in [2.05, 4.69) is 20.9 Å². The van der Waals surface area contributed by atoms with Crippen molar-refractivity contribution in [3.05, 3.63) is 35.6 Å². The number of rotatable bonds is 21. The van der Waals surface area contributed by atoms with Gasteiger partial charge in [-0.05, 0) is 42.3 Å². The Kier molecular flexibility index (Phi) is 16.7. The first-order chi connectivity index (χ1) is 22.2. The lowest BCUT2D eigenvalue weighted by atomic mass is 9.78. The summed E-state index contributed by atoms with van der Waals surface area (Å²) >= 11 is 6.12. The topological polar surface area (TPSA) is 188 Å². The highest BCUT2D eigenvalue weighted by Gasteiger charge is 2.33. The zero-order valence-corrected chi connectivity index (χ0v) is 28.6. The maximum absolute atomic E-state index is 13.2. The SMILES string of the molecule is CC(C)[C@H](NC(=O)COCCOCCOCC(=O)Nc1ccc2ccnc(Cl)c2c1)C(=O)C[C@@H](CCCNC(N)=O)C(=O)C(C)(C)C. The fourth-order valence-electron chi connectivity index (χ4n) is 4.78. The fourth-order valence-corrected chi connectivity index (χ4v) is 5.00. The van der Waals surface area contributed by atoms with Crippen LogP contribution in [0.15, 0.2) is 30.5 Å². The number of carbonyl (C=O) groups excluding carboxylic acids is 5. The third kappa shape index (κ3) is 14.8. The molecule has 0 radical (unpaired) electrons. The van der Waals surface area contributed by atoms with Crippen LogP contribution in [0.1, 0.15) is 53.9 Å². The van der Waals surface area contributed by atoms with E-state index in [4.69, 9.17) is 31.5 Å². The number of amides is 4. The second-order valence-corrected chi connectivity index (χ2v) is 12.9. The molecule has 2 atom stereocenters. The molecule has 0 unspecified atom stereocenters. The Labute approximate surface area is 281 Å². The van der Waals surface area contributed by atoms with Crippen LogP contribution in [0, 0.1) is 17.3 Å². The van der Waals surface area contributed by atoms with Gasteiger partial charge in [-0.1, -0.05) is 52.3 Å². The summed E-state index contributed by atoms with van der Waals surface area (Å²) in [6, 6.07) is 5.75. The molecule has 0 bridgehead atoms. The average molecular weight is 678 g/mol. The number of aromatic nitrogens is 1. The van der Waals surface area contributed by atoms with E-state index < -0.39 is 29.3 Å². The summed E-state index contributed by atoms with van der Waals surface area (Å²) in [6.45, 7) is 9.63. The van der Waals surface area contributed by atoms with Gasteiger partial charge in [0.15, 0.2) is 5.78 Å². The maximum atomic E-state index is 13.2. The first-order valence-electron chi connectivity index (χ1n) is 15.7. The number of urea groups is 1. The number of primary amides is 1. The summed E-state index contributed by atoms with van der Waals surface area (Å²) in [5.41, 5.74) is 5.03. The van der Waals surface area contributed by atoms with Gasteiger partial charge in [-0.2, -0.15) is 0 Å². The van der Waals surface area contributed by atoms with E-state index in [0.717, 1.165) is 10.8 Å². The van der Waals surface area contributed by atoms with Crippen LogP contribution in [0.5, 0.6) is 0 Å². The molecule has 13 nitrogen and oxygen atoms in total. The van der Waals surface area contributed by atoms with Crippen molar-refractivity contribution in [2.45, 2.75) is 59.9 Å². The Morgan fingerprint density at radius 3 is 2.19 bits per heavy atom. The largest absolute Gasteiger partial charge is 0.377 e. The Balaban J connectivity index is 1.66. The first-order valence-corrected chi connectivity index (χ1v) is 16.0. The molecule has 2 aromatic rings. The fraction of sp³-hybridized carbons (Fsp3) is 0.576. The van der Waals surface area contributed by atoms with Gasteiger partial charge < -0.3 is 35.9 Å². The highest BCUT2D eigenvalue weighted by Crippen LogP contribution is 2.27. The van der Waals surface area contributed by atoms with Gasteiger partial charge in [0.25, 0.3) is 0 Å². The number of halogens is 1. The summed E-state index contributed by atoms with van der Waals surface area (Å²) < 4.78 is 16.2. The minimum atomic E-state index is -0.785. The average Bonchev–Trinajstić information content (AvgIpc) is 2.99. The number of hydrogen-bond acceptors (Lipinski definition) is 9. The molecule has 1 aromatic carbocycles. The normalized spacial score (nSPS) is 12.8. The molecule has 260 valence electrons. The molecule has 0 saturated carbocycles. The lowest BCUT2D eigenvalue weighted by Gasteiger charge is -2.27. The number of carbonyl (C=O) groups is 5. The van der Waals surface area contributed by atoms with E-state index >= 15 is 0 Å². The monoisotopic (exact) mass is 677 g/mol. The molecule has 5 N–H and O–H groups in total. The summed E-state index contributed by atoms with van der Waals surface area (Å²) in [7, 11) is 0. The lowest BCUT2D eigenvalue weighted by Crippen LogP contribution is -2.47. The molecule has 2 rings (SSSR count). The Bertz CT molecular complexity index is 1360. The zero-order chi connectivity index (χ0) is 35.0. The molecule has 0 aliphatic rings. The van der Waals surface area contributed by atoms with Gasteiger partial charge in [-0.25, -0.2) is 9.78 Å². The van der Waals surface area contributed by atoms with Crippen LogP contribution in [0.2, 0.25) is 5.15 Å². The van der Waals surface area contributed by atoms with Crippen LogP contribution in [0.25, 0.3) is 10.8 Å². The summed E-state index contributed by atoms with van der Waals surface area (Å²) in [5.74, 6) is -1.84. The van der Waals surface area contributed by atoms with Crippen molar-refractivity contribution >= 4 is 57.5 Å². The predicted molar refractivity (Wildman–Crippen MR) is 179 cm³/mol. The zero-order valence-electron chi connectivity index (χ0n) is 27.9. The molecule has 4 amide bonds. The van der Waals surface area contributed by atoms with Crippen molar-refractivity contribution in [1.82, 2.24) is 15.6 Å². The molecule has 0 spiro atoms. The first kappa shape index (κ1) is 39.5. The second-order valence-electron chi connectivity index (χ2n) is 12.5. The number of ether oxygens (including phenoxy) is 3. The lowest BCUT2D eigenvalue weighted by molar-refractivity contribution is -0.136. The molecule has 0 saturated heterocycles. The van der Waals surface area contributed by atoms with Crippen molar-refractivity contribution in [2.24, 2.45) is 23.0 Å². The van der Waals surface area contributed by atoms with Gasteiger partial charge in [-0.3, -0.25) is 19.2 Å². The Morgan fingerprint density at radius 2 is 1.57 bits per heavy atom. The van der Waals surface area contributed by atoms with E-state index in [1.54, 1.807) is 39.1 Å². The van der Waals surface area contributed by atoms with Crippen LogP contribution in [-0.4, -0.2) is 86.6 Å². The van der Waals surface area contributed by atoms with E-state index in [1.807, 2.05) is 26.0 Å².